The maximum atomic E-state index is 12.4. The Hall–Kier alpha value is -1.58. The normalized spacial score (nSPS) is 16.4. The summed E-state index contributed by atoms with van der Waals surface area (Å²) in [4.78, 5) is 26.0. The molecule has 1 saturated heterocycles. The first kappa shape index (κ1) is 14.8. The van der Waals surface area contributed by atoms with E-state index >= 15 is 0 Å². The van der Waals surface area contributed by atoms with Crippen LogP contribution < -0.4 is 10.5 Å². The number of carbonyl (C=O) groups excluding carboxylic acids is 1. The highest BCUT2D eigenvalue weighted by molar-refractivity contribution is 5.84. The summed E-state index contributed by atoms with van der Waals surface area (Å²) in [5.41, 5.74) is 1.94. The molecule has 0 radical (unpaired) electrons. The molecule has 1 fully saturated rings. The Balaban J connectivity index is 2.43. The van der Waals surface area contributed by atoms with Gasteiger partial charge < -0.3 is 9.47 Å². The Morgan fingerprint density at radius 1 is 1.35 bits per heavy atom. The summed E-state index contributed by atoms with van der Waals surface area (Å²) < 4.78 is 1.71. The van der Waals surface area contributed by atoms with Crippen molar-refractivity contribution >= 4 is 12.0 Å². The number of aromatic nitrogens is 1. The van der Waals surface area contributed by atoms with Gasteiger partial charge >= 0.3 is 0 Å². The molecule has 1 aromatic heterocycles. The molecule has 0 aromatic carbocycles. The van der Waals surface area contributed by atoms with E-state index in [-0.39, 0.29) is 5.56 Å². The topological polar surface area (TPSA) is 42.3 Å². The van der Waals surface area contributed by atoms with Gasteiger partial charge in [-0.1, -0.05) is 13.8 Å². The van der Waals surface area contributed by atoms with Gasteiger partial charge in [0.15, 0.2) is 6.29 Å². The minimum absolute atomic E-state index is 0.143. The fourth-order valence-corrected chi connectivity index (χ4v) is 2.89. The molecule has 4 heteroatoms. The minimum atomic E-state index is -0.143. The Labute approximate surface area is 120 Å². The van der Waals surface area contributed by atoms with Crippen molar-refractivity contribution in [2.75, 3.05) is 18.0 Å². The first-order valence-corrected chi connectivity index (χ1v) is 7.53. The van der Waals surface area contributed by atoms with Gasteiger partial charge in [0.1, 0.15) is 5.56 Å². The average Bonchev–Trinajstić information content (AvgIpc) is 2.44. The van der Waals surface area contributed by atoms with Crippen molar-refractivity contribution in [2.24, 2.45) is 5.92 Å². The molecule has 2 heterocycles. The number of aldehydes is 1. The molecule has 0 N–H and O–H groups in total. The van der Waals surface area contributed by atoms with Gasteiger partial charge in [-0.15, -0.1) is 0 Å². The van der Waals surface area contributed by atoms with Crippen molar-refractivity contribution in [1.29, 1.82) is 0 Å². The van der Waals surface area contributed by atoms with Crippen LogP contribution in [0.15, 0.2) is 10.9 Å². The molecule has 1 aromatic rings. The van der Waals surface area contributed by atoms with Crippen LogP contribution in [0.3, 0.4) is 0 Å². The number of nitrogens with zero attached hydrogens (tertiary/aromatic N) is 2. The van der Waals surface area contributed by atoms with E-state index < -0.39 is 0 Å². The number of anilines is 1. The van der Waals surface area contributed by atoms with Gasteiger partial charge in [-0.3, -0.25) is 9.59 Å². The van der Waals surface area contributed by atoms with E-state index in [0.29, 0.717) is 12.1 Å². The SMILES string of the molecule is CCCn1c(C)cc(N2CCC(C)CC2)c(C=O)c1=O. The molecule has 0 atom stereocenters. The summed E-state index contributed by atoms with van der Waals surface area (Å²) in [5, 5.41) is 0. The van der Waals surface area contributed by atoms with E-state index in [4.69, 9.17) is 0 Å². The van der Waals surface area contributed by atoms with Gasteiger partial charge in [-0.25, -0.2) is 0 Å². The van der Waals surface area contributed by atoms with Crippen molar-refractivity contribution in [3.8, 4) is 0 Å². The number of piperidine rings is 1. The van der Waals surface area contributed by atoms with Crippen LogP contribution in [0.5, 0.6) is 0 Å². The number of hydrogen-bond acceptors (Lipinski definition) is 3. The zero-order chi connectivity index (χ0) is 14.7. The van der Waals surface area contributed by atoms with Crippen LogP contribution in [0.4, 0.5) is 5.69 Å². The second-order valence-electron chi connectivity index (χ2n) is 5.83. The molecule has 20 heavy (non-hydrogen) atoms. The Bertz CT molecular complexity index is 540. The van der Waals surface area contributed by atoms with Crippen LogP contribution in [0, 0.1) is 12.8 Å². The lowest BCUT2D eigenvalue weighted by molar-refractivity contribution is 0.112. The molecule has 2 rings (SSSR count). The maximum Gasteiger partial charge on any atom is 0.263 e. The highest BCUT2D eigenvalue weighted by atomic mass is 16.1. The van der Waals surface area contributed by atoms with Gasteiger partial charge in [0, 0.05) is 25.3 Å². The lowest BCUT2D eigenvalue weighted by Crippen LogP contribution is -2.36. The van der Waals surface area contributed by atoms with Crippen LogP contribution >= 0.6 is 0 Å². The third-order valence-electron chi connectivity index (χ3n) is 4.21. The Morgan fingerprint density at radius 2 is 2.00 bits per heavy atom. The largest absolute Gasteiger partial charge is 0.371 e. The van der Waals surface area contributed by atoms with Gasteiger partial charge in [-0.2, -0.15) is 0 Å². The Kier molecular flexibility index (Phi) is 4.63. The molecule has 110 valence electrons. The molecule has 0 unspecified atom stereocenters. The number of carbonyl (C=O) groups is 1. The number of rotatable bonds is 4. The highest BCUT2D eigenvalue weighted by Crippen LogP contribution is 2.25. The van der Waals surface area contributed by atoms with Crippen molar-refractivity contribution in [3.05, 3.63) is 27.7 Å². The standard InChI is InChI=1S/C16H24N2O2/c1-4-7-18-13(3)10-15(14(11-19)16(18)20)17-8-5-12(2)6-9-17/h10-12H,4-9H2,1-3H3. The minimum Gasteiger partial charge on any atom is -0.371 e. The zero-order valence-electron chi connectivity index (χ0n) is 12.7. The second kappa shape index (κ2) is 6.25. The molecule has 0 amide bonds. The second-order valence-corrected chi connectivity index (χ2v) is 5.83. The summed E-state index contributed by atoms with van der Waals surface area (Å²) in [6.45, 7) is 8.76. The molecular formula is C16H24N2O2. The van der Waals surface area contributed by atoms with Gasteiger partial charge in [-0.05, 0) is 38.2 Å². The quantitative estimate of drug-likeness (QED) is 0.794. The van der Waals surface area contributed by atoms with Crippen molar-refractivity contribution in [3.63, 3.8) is 0 Å². The fourth-order valence-electron chi connectivity index (χ4n) is 2.89. The van der Waals surface area contributed by atoms with Crippen LogP contribution in [-0.4, -0.2) is 23.9 Å². The van der Waals surface area contributed by atoms with Crippen LogP contribution in [-0.2, 0) is 6.54 Å². The maximum absolute atomic E-state index is 12.4. The molecule has 4 nitrogen and oxygen atoms in total. The third kappa shape index (κ3) is 2.79. The van der Waals surface area contributed by atoms with Crippen molar-refractivity contribution in [1.82, 2.24) is 4.57 Å². The first-order chi connectivity index (χ1) is 9.58. The van der Waals surface area contributed by atoms with E-state index in [1.807, 2.05) is 19.9 Å². The lowest BCUT2D eigenvalue weighted by Gasteiger charge is -2.33. The van der Waals surface area contributed by atoms with E-state index in [1.54, 1.807) is 4.57 Å². The molecule has 0 spiro atoms. The van der Waals surface area contributed by atoms with Crippen LogP contribution in [0.25, 0.3) is 0 Å². The molecule has 0 aliphatic carbocycles. The molecule has 0 saturated carbocycles. The summed E-state index contributed by atoms with van der Waals surface area (Å²) in [6, 6.07) is 2.00. The van der Waals surface area contributed by atoms with E-state index in [2.05, 4.69) is 11.8 Å². The van der Waals surface area contributed by atoms with Crippen molar-refractivity contribution in [2.45, 2.75) is 46.6 Å². The lowest BCUT2D eigenvalue weighted by atomic mass is 9.98. The monoisotopic (exact) mass is 276 g/mol. The van der Waals surface area contributed by atoms with Crippen molar-refractivity contribution < 1.29 is 4.79 Å². The van der Waals surface area contributed by atoms with E-state index in [1.165, 1.54) is 0 Å². The first-order valence-electron chi connectivity index (χ1n) is 7.53. The third-order valence-corrected chi connectivity index (χ3v) is 4.21. The molecule has 1 aliphatic heterocycles. The van der Waals surface area contributed by atoms with E-state index in [9.17, 15) is 9.59 Å². The molecule has 0 bridgehead atoms. The van der Waals surface area contributed by atoms with Crippen LogP contribution in [0.1, 0.15) is 49.2 Å². The van der Waals surface area contributed by atoms with Gasteiger partial charge in [0.05, 0.1) is 5.69 Å². The highest BCUT2D eigenvalue weighted by Gasteiger charge is 2.21. The predicted octanol–water partition coefficient (Wildman–Crippen LogP) is 2.62. The number of hydrogen-bond donors (Lipinski definition) is 0. The Morgan fingerprint density at radius 3 is 2.55 bits per heavy atom. The van der Waals surface area contributed by atoms with Gasteiger partial charge in [0.25, 0.3) is 5.56 Å². The van der Waals surface area contributed by atoms with E-state index in [0.717, 1.165) is 55.9 Å². The number of aryl methyl sites for hydroxylation is 1. The van der Waals surface area contributed by atoms with Crippen LogP contribution in [0.2, 0.25) is 0 Å². The summed E-state index contributed by atoms with van der Waals surface area (Å²) >= 11 is 0. The number of pyridine rings is 1. The average molecular weight is 276 g/mol. The predicted molar refractivity (Wildman–Crippen MR) is 81.7 cm³/mol. The van der Waals surface area contributed by atoms with Gasteiger partial charge in [0.2, 0.25) is 0 Å². The smallest absolute Gasteiger partial charge is 0.263 e. The zero-order valence-corrected chi connectivity index (χ0v) is 12.7. The summed E-state index contributed by atoms with van der Waals surface area (Å²) in [5.74, 6) is 0.729. The fraction of sp³-hybridized carbons (Fsp3) is 0.625. The summed E-state index contributed by atoms with van der Waals surface area (Å²) in [7, 11) is 0. The summed E-state index contributed by atoms with van der Waals surface area (Å²) in [6.07, 6.45) is 3.85. The molecular weight excluding hydrogens is 252 g/mol. The molecule has 1 aliphatic rings.